The molecule has 1 fully saturated rings. The fourth-order valence-corrected chi connectivity index (χ4v) is 3.31. The maximum absolute atomic E-state index is 12.8. The van der Waals surface area contributed by atoms with Gasteiger partial charge in [0.05, 0.1) is 0 Å². The lowest BCUT2D eigenvalue weighted by atomic mass is 9.80. The van der Waals surface area contributed by atoms with Crippen molar-refractivity contribution >= 4 is 11.7 Å². The van der Waals surface area contributed by atoms with Gasteiger partial charge in [0, 0.05) is 22.8 Å². The lowest BCUT2D eigenvalue weighted by Crippen LogP contribution is -2.62. The van der Waals surface area contributed by atoms with Crippen LogP contribution in [0.25, 0.3) is 0 Å². The van der Waals surface area contributed by atoms with Crippen molar-refractivity contribution in [1.82, 2.24) is 10.6 Å². The number of hydrogen-bond donors (Lipinski definition) is 3. The summed E-state index contributed by atoms with van der Waals surface area (Å²) in [6.07, 6.45) is 1.74. The van der Waals surface area contributed by atoms with E-state index in [2.05, 4.69) is 43.6 Å². The number of amides is 2. The number of anilines is 1. The number of urea groups is 1. The Hall–Kier alpha value is -1.62. The first kappa shape index (κ1) is 15.8. The Balaban J connectivity index is 1.94. The lowest BCUT2D eigenvalue weighted by Gasteiger charge is -2.46. The second kappa shape index (κ2) is 5.64. The summed E-state index contributed by atoms with van der Waals surface area (Å²) in [6.45, 7) is 8.56. The van der Waals surface area contributed by atoms with Crippen molar-refractivity contribution in [2.24, 2.45) is 0 Å². The van der Waals surface area contributed by atoms with Gasteiger partial charge in [-0.05, 0) is 64.8 Å². The first-order valence-corrected chi connectivity index (χ1v) is 7.28. The van der Waals surface area contributed by atoms with E-state index in [-0.39, 0.29) is 29.0 Å². The standard InChI is InChI=1S/C16H24FN3O/c1-15(2)9-13(10-16(3,4)20-15)19-14(21)18-12-7-5-11(17)6-8-12/h5-8,13,20H,9-10H2,1-4H3,(H2,18,19,21). The van der Waals surface area contributed by atoms with Crippen molar-refractivity contribution in [3.8, 4) is 0 Å². The Kier molecular flexibility index (Phi) is 4.23. The zero-order valence-corrected chi connectivity index (χ0v) is 13.1. The minimum atomic E-state index is -0.317. The number of benzene rings is 1. The molecule has 2 amide bonds. The maximum Gasteiger partial charge on any atom is 0.319 e. The highest BCUT2D eigenvalue weighted by Crippen LogP contribution is 2.28. The van der Waals surface area contributed by atoms with Gasteiger partial charge in [0.1, 0.15) is 5.82 Å². The van der Waals surface area contributed by atoms with Gasteiger partial charge in [-0.3, -0.25) is 0 Å². The fourth-order valence-electron chi connectivity index (χ4n) is 3.31. The predicted octanol–water partition coefficient (Wildman–Crippen LogP) is 3.26. The highest BCUT2D eigenvalue weighted by atomic mass is 19.1. The monoisotopic (exact) mass is 293 g/mol. The van der Waals surface area contributed by atoms with Gasteiger partial charge in [0.25, 0.3) is 0 Å². The van der Waals surface area contributed by atoms with E-state index in [0.717, 1.165) is 12.8 Å². The van der Waals surface area contributed by atoms with Crippen molar-refractivity contribution in [2.45, 2.75) is 57.7 Å². The molecule has 0 unspecified atom stereocenters. The van der Waals surface area contributed by atoms with Gasteiger partial charge in [0.15, 0.2) is 0 Å². The molecule has 1 aliphatic heterocycles. The van der Waals surface area contributed by atoms with E-state index in [1.54, 1.807) is 12.1 Å². The van der Waals surface area contributed by atoms with Crippen LogP contribution in [0.1, 0.15) is 40.5 Å². The molecule has 5 heteroatoms. The van der Waals surface area contributed by atoms with Crippen LogP contribution >= 0.6 is 0 Å². The molecule has 1 aliphatic rings. The normalized spacial score (nSPS) is 20.8. The van der Waals surface area contributed by atoms with Gasteiger partial charge in [0.2, 0.25) is 0 Å². The summed E-state index contributed by atoms with van der Waals surface area (Å²) in [5, 5.41) is 9.32. The minimum Gasteiger partial charge on any atom is -0.335 e. The predicted molar refractivity (Wildman–Crippen MR) is 82.9 cm³/mol. The van der Waals surface area contributed by atoms with Crippen molar-refractivity contribution in [3.63, 3.8) is 0 Å². The lowest BCUT2D eigenvalue weighted by molar-refractivity contribution is 0.149. The molecule has 116 valence electrons. The van der Waals surface area contributed by atoms with Crippen molar-refractivity contribution in [1.29, 1.82) is 0 Å². The van der Waals surface area contributed by atoms with Crippen LogP contribution < -0.4 is 16.0 Å². The van der Waals surface area contributed by atoms with Gasteiger partial charge in [-0.2, -0.15) is 0 Å². The van der Waals surface area contributed by atoms with Gasteiger partial charge >= 0.3 is 6.03 Å². The third-order valence-electron chi connectivity index (χ3n) is 3.63. The second-order valence-corrected chi connectivity index (χ2v) is 7.10. The molecule has 3 N–H and O–H groups in total. The summed E-state index contributed by atoms with van der Waals surface area (Å²) in [6, 6.07) is 5.60. The summed E-state index contributed by atoms with van der Waals surface area (Å²) < 4.78 is 12.8. The Morgan fingerprint density at radius 2 is 1.67 bits per heavy atom. The Morgan fingerprint density at radius 3 is 2.19 bits per heavy atom. The van der Waals surface area contributed by atoms with E-state index >= 15 is 0 Å². The SMILES string of the molecule is CC1(C)CC(NC(=O)Nc2ccc(F)cc2)CC(C)(C)N1. The first-order valence-electron chi connectivity index (χ1n) is 7.28. The Morgan fingerprint density at radius 1 is 1.14 bits per heavy atom. The molecule has 0 saturated carbocycles. The van der Waals surface area contributed by atoms with Gasteiger partial charge < -0.3 is 16.0 Å². The van der Waals surface area contributed by atoms with Gasteiger partial charge in [-0.25, -0.2) is 9.18 Å². The zero-order chi connectivity index (χ0) is 15.7. The summed E-state index contributed by atoms with van der Waals surface area (Å²) >= 11 is 0. The van der Waals surface area contributed by atoms with Gasteiger partial charge in [-0.1, -0.05) is 0 Å². The number of halogens is 1. The van der Waals surface area contributed by atoms with Crippen molar-refractivity contribution in [3.05, 3.63) is 30.1 Å². The number of hydrogen-bond acceptors (Lipinski definition) is 2. The van der Waals surface area contributed by atoms with Gasteiger partial charge in [-0.15, -0.1) is 0 Å². The van der Waals surface area contributed by atoms with Crippen LogP contribution in [-0.4, -0.2) is 23.2 Å². The second-order valence-electron chi connectivity index (χ2n) is 7.10. The molecule has 0 aliphatic carbocycles. The third kappa shape index (κ3) is 4.70. The number of carbonyl (C=O) groups excluding carboxylic acids is 1. The van der Waals surface area contributed by atoms with Crippen LogP contribution in [0.4, 0.5) is 14.9 Å². The molecule has 1 aromatic rings. The van der Waals surface area contributed by atoms with Crippen LogP contribution in [0.2, 0.25) is 0 Å². The van der Waals surface area contributed by atoms with Crippen LogP contribution in [-0.2, 0) is 0 Å². The average molecular weight is 293 g/mol. The number of carbonyl (C=O) groups is 1. The summed E-state index contributed by atoms with van der Waals surface area (Å²) in [5.74, 6) is -0.317. The van der Waals surface area contributed by atoms with E-state index in [1.165, 1.54) is 12.1 Å². The van der Waals surface area contributed by atoms with Crippen LogP contribution in [0.3, 0.4) is 0 Å². The molecular weight excluding hydrogens is 269 g/mol. The van der Waals surface area contributed by atoms with E-state index < -0.39 is 0 Å². The highest BCUT2D eigenvalue weighted by Gasteiger charge is 2.38. The molecular formula is C16H24FN3O. The number of rotatable bonds is 2. The maximum atomic E-state index is 12.8. The molecule has 1 aromatic carbocycles. The molecule has 0 aromatic heterocycles. The molecule has 1 saturated heterocycles. The third-order valence-corrected chi connectivity index (χ3v) is 3.63. The smallest absolute Gasteiger partial charge is 0.319 e. The zero-order valence-electron chi connectivity index (χ0n) is 13.1. The van der Waals surface area contributed by atoms with Crippen LogP contribution in [0, 0.1) is 5.82 Å². The highest BCUT2D eigenvalue weighted by molar-refractivity contribution is 5.89. The Bertz CT molecular complexity index is 495. The average Bonchev–Trinajstić information content (AvgIpc) is 2.27. The summed E-state index contributed by atoms with van der Waals surface area (Å²) in [5.41, 5.74) is 0.548. The quantitative estimate of drug-likeness (QED) is 0.784. The molecule has 1 heterocycles. The van der Waals surface area contributed by atoms with E-state index in [9.17, 15) is 9.18 Å². The van der Waals surface area contributed by atoms with Crippen molar-refractivity contribution < 1.29 is 9.18 Å². The summed E-state index contributed by atoms with van der Waals surface area (Å²) in [4.78, 5) is 12.1. The molecule has 0 bridgehead atoms. The largest absolute Gasteiger partial charge is 0.335 e. The van der Waals surface area contributed by atoms with E-state index in [4.69, 9.17) is 0 Å². The molecule has 0 spiro atoms. The number of piperidine rings is 1. The fraction of sp³-hybridized carbons (Fsp3) is 0.562. The van der Waals surface area contributed by atoms with E-state index in [0.29, 0.717) is 5.69 Å². The number of nitrogens with one attached hydrogen (secondary N) is 3. The topological polar surface area (TPSA) is 53.2 Å². The molecule has 2 rings (SSSR count). The molecule has 0 atom stereocenters. The molecule has 4 nitrogen and oxygen atoms in total. The molecule has 0 radical (unpaired) electrons. The van der Waals surface area contributed by atoms with E-state index in [1.807, 2.05) is 0 Å². The Labute approximate surface area is 125 Å². The van der Waals surface area contributed by atoms with Crippen LogP contribution in [0.15, 0.2) is 24.3 Å². The first-order chi connectivity index (χ1) is 9.65. The molecule has 21 heavy (non-hydrogen) atoms. The van der Waals surface area contributed by atoms with Crippen LogP contribution in [0.5, 0.6) is 0 Å². The van der Waals surface area contributed by atoms with Crippen molar-refractivity contribution in [2.75, 3.05) is 5.32 Å². The minimum absolute atomic E-state index is 0.0183. The summed E-state index contributed by atoms with van der Waals surface area (Å²) in [7, 11) is 0.